The number of ether oxygens (including phenoxy) is 1. The van der Waals surface area contributed by atoms with E-state index in [0.29, 0.717) is 35.1 Å². The van der Waals surface area contributed by atoms with Crippen molar-refractivity contribution < 1.29 is 17.9 Å². The summed E-state index contributed by atoms with van der Waals surface area (Å²) in [5.74, 6) is 0.363. The molecule has 0 aliphatic carbocycles. The van der Waals surface area contributed by atoms with Gasteiger partial charge in [-0.1, -0.05) is 24.9 Å². The highest BCUT2D eigenvalue weighted by Gasteiger charge is 2.22. The van der Waals surface area contributed by atoms with Crippen LogP contribution in [0.5, 0.6) is 5.75 Å². The zero-order chi connectivity index (χ0) is 21.4. The van der Waals surface area contributed by atoms with Crippen molar-refractivity contribution in [1.29, 1.82) is 0 Å². The molecule has 2 rings (SSSR count). The van der Waals surface area contributed by atoms with Gasteiger partial charge < -0.3 is 10.1 Å². The third kappa shape index (κ3) is 6.19. The normalized spacial score (nSPS) is 11.5. The van der Waals surface area contributed by atoms with Crippen LogP contribution in [0, 0.1) is 0 Å². The first-order valence-corrected chi connectivity index (χ1v) is 11.4. The molecular formula is C21H27ClN2O4S. The average Bonchev–Trinajstić information content (AvgIpc) is 2.69. The molecule has 0 spiro atoms. The van der Waals surface area contributed by atoms with Crippen LogP contribution in [-0.4, -0.2) is 38.8 Å². The van der Waals surface area contributed by atoms with E-state index in [1.807, 2.05) is 6.92 Å². The first kappa shape index (κ1) is 23.2. The standard InChI is InChI=1S/C21H27ClN2O4S/c1-4-6-13-23-21(25)16-7-12-20(28-5-2)17(14-16)15-24(3)29(26,27)19-10-8-18(22)9-11-19/h7-12,14H,4-6,13,15H2,1-3H3,(H,23,25). The van der Waals surface area contributed by atoms with Crippen LogP contribution in [0.2, 0.25) is 5.02 Å². The highest BCUT2D eigenvalue weighted by atomic mass is 35.5. The van der Waals surface area contributed by atoms with Crippen LogP contribution in [0.1, 0.15) is 42.6 Å². The summed E-state index contributed by atoms with van der Waals surface area (Å²) in [7, 11) is -2.22. The Morgan fingerprint density at radius 1 is 1.14 bits per heavy atom. The Hall–Kier alpha value is -2.09. The minimum atomic E-state index is -3.72. The molecule has 1 amide bonds. The Morgan fingerprint density at radius 2 is 1.83 bits per heavy atom. The monoisotopic (exact) mass is 438 g/mol. The fraction of sp³-hybridized carbons (Fsp3) is 0.381. The fourth-order valence-electron chi connectivity index (χ4n) is 2.73. The molecule has 0 aliphatic rings. The second kappa shape index (κ2) is 10.6. The zero-order valence-electron chi connectivity index (χ0n) is 16.9. The number of halogens is 1. The number of unbranched alkanes of at least 4 members (excludes halogenated alkanes) is 1. The van der Waals surface area contributed by atoms with Crippen LogP contribution < -0.4 is 10.1 Å². The lowest BCUT2D eigenvalue weighted by Crippen LogP contribution is -2.27. The van der Waals surface area contributed by atoms with Gasteiger partial charge in [-0.15, -0.1) is 0 Å². The van der Waals surface area contributed by atoms with E-state index < -0.39 is 10.0 Å². The molecule has 2 aromatic rings. The van der Waals surface area contributed by atoms with Gasteiger partial charge in [-0.25, -0.2) is 8.42 Å². The van der Waals surface area contributed by atoms with Gasteiger partial charge in [0.1, 0.15) is 5.75 Å². The van der Waals surface area contributed by atoms with E-state index in [0.717, 1.165) is 12.8 Å². The molecule has 6 nitrogen and oxygen atoms in total. The molecule has 0 heterocycles. The number of hydrogen-bond donors (Lipinski definition) is 1. The van der Waals surface area contributed by atoms with Crippen molar-refractivity contribution >= 4 is 27.5 Å². The Morgan fingerprint density at radius 3 is 2.45 bits per heavy atom. The maximum absolute atomic E-state index is 12.9. The Kier molecular flexibility index (Phi) is 8.49. The molecule has 0 aromatic heterocycles. The summed E-state index contributed by atoms with van der Waals surface area (Å²) in [4.78, 5) is 12.5. The predicted molar refractivity (Wildman–Crippen MR) is 115 cm³/mol. The van der Waals surface area contributed by atoms with E-state index in [1.165, 1.54) is 35.6 Å². The highest BCUT2D eigenvalue weighted by Crippen LogP contribution is 2.25. The van der Waals surface area contributed by atoms with Gasteiger partial charge in [-0.05, 0) is 55.8 Å². The SMILES string of the molecule is CCCCNC(=O)c1ccc(OCC)c(CN(C)S(=O)(=O)c2ccc(Cl)cc2)c1. The molecule has 29 heavy (non-hydrogen) atoms. The summed E-state index contributed by atoms with van der Waals surface area (Å²) in [6.07, 6.45) is 1.89. The number of rotatable bonds is 10. The largest absolute Gasteiger partial charge is 0.494 e. The lowest BCUT2D eigenvalue weighted by Gasteiger charge is -2.20. The minimum Gasteiger partial charge on any atom is -0.494 e. The van der Waals surface area contributed by atoms with Gasteiger partial charge in [0, 0.05) is 36.3 Å². The minimum absolute atomic E-state index is 0.0658. The Labute approximate surface area is 177 Å². The van der Waals surface area contributed by atoms with Gasteiger partial charge in [0.25, 0.3) is 5.91 Å². The fourth-order valence-corrected chi connectivity index (χ4v) is 4.01. The van der Waals surface area contributed by atoms with E-state index in [1.54, 1.807) is 18.2 Å². The summed E-state index contributed by atoms with van der Waals surface area (Å²) in [6.45, 7) is 5.00. The molecule has 8 heteroatoms. The predicted octanol–water partition coefficient (Wildman–Crippen LogP) is 4.09. The summed E-state index contributed by atoms with van der Waals surface area (Å²) in [5.41, 5.74) is 1.09. The van der Waals surface area contributed by atoms with Crippen LogP contribution in [0.25, 0.3) is 0 Å². The molecule has 158 valence electrons. The summed E-state index contributed by atoms with van der Waals surface area (Å²) < 4.78 is 32.6. The quantitative estimate of drug-likeness (QED) is 0.567. The highest BCUT2D eigenvalue weighted by molar-refractivity contribution is 7.89. The van der Waals surface area contributed by atoms with Gasteiger partial charge in [0.05, 0.1) is 11.5 Å². The lowest BCUT2D eigenvalue weighted by atomic mass is 10.1. The first-order chi connectivity index (χ1) is 13.8. The van der Waals surface area contributed by atoms with Gasteiger partial charge in [-0.2, -0.15) is 4.31 Å². The van der Waals surface area contributed by atoms with Crippen molar-refractivity contribution in [2.45, 2.75) is 38.1 Å². The van der Waals surface area contributed by atoms with Crippen molar-refractivity contribution in [3.63, 3.8) is 0 Å². The number of sulfonamides is 1. The number of nitrogens with one attached hydrogen (secondary N) is 1. The number of benzene rings is 2. The number of nitrogens with zero attached hydrogens (tertiary/aromatic N) is 1. The van der Waals surface area contributed by atoms with Crippen LogP contribution >= 0.6 is 11.6 Å². The van der Waals surface area contributed by atoms with Crippen LogP contribution in [0.4, 0.5) is 0 Å². The van der Waals surface area contributed by atoms with Crippen molar-refractivity contribution in [2.24, 2.45) is 0 Å². The maximum Gasteiger partial charge on any atom is 0.251 e. The molecule has 0 saturated heterocycles. The van der Waals surface area contributed by atoms with Gasteiger partial charge in [-0.3, -0.25) is 4.79 Å². The summed E-state index contributed by atoms with van der Waals surface area (Å²) in [6, 6.07) is 11.1. The molecule has 0 atom stereocenters. The van der Waals surface area contributed by atoms with Crippen molar-refractivity contribution in [1.82, 2.24) is 9.62 Å². The van der Waals surface area contributed by atoms with E-state index in [2.05, 4.69) is 12.2 Å². The number of amides is 1. The van der Waals surface area contributed by atoms with E-state index >= 15 is 0 Å². The second-order valence-corrected chi connectivity index (χ2v) is 9.06. The van der Waals surface area contributed by atoms with E-state index in [9.17, 15) is 13.2 Å². The molecule has 0 unspecified atom stereocenters. The van der Waals surface area contributed by atoms with Gasteiger partial charge in [0.15, 0.2) is 0 Å². The third-order valence-corrected chi connectivity index (χ3v) is 6.42. The molecule has 0 fully saturated rings. The topological polar surface area (TPSA) is 75.7 Å². The molecule has 1 N–H and O–H groups in total. The maximum atomic E-state index is 12.9. The molecule has 0 aliphatic heterocycles. The number of hydrogen-bond acceptors (Lipinski definition) is 4. The van der Waals surface area contributed by atoms with Crippen LogP contribution in [0.3, 0.4) is 0 Å². The smallest absolute Gasteiger partial charge is 0.251 e. The third-order valence-electron chi connectivity index (χ3n) is 4.35. The van der Waals surface area contributed by atoms with Gasteiger partial charge >= 0.3 is 0 Å². The molecule has 0 radical (unpaired) electrons. The molecule has 0 bridgehead atoms. The van der Waals surface area contributed by atoms with Crippen molar-refractivity contribution in [2.75, 3.05) is 20.2 Å². The summed E-state index contributed by atoms with van der Waals surface area (Å²) >= 11 is 5.86. The second-order valence-electron chi connectivity index (χ2n) is 6.58. The molecular weight excluding hydrogens is 412 g/mol. The molecule has 2 aromatic carbocycles. The lowest BCUT2D eigenvalue weighted by molar-refractivity contribution is 0.0953. The van der Waals surface area contributed by atoms with E-state index in [-0.39, 0.29) is 17.3 Å². The Bertz CT molecular complexity index is 930. The number of carbonyl (C=O) groups is 1. The first-order valence-electron chi connectivity index (χ1n) is 9.55. The van der Waals surface area contributed by atoms with Crippen molar-refractivity contribution in [3.05, 3.63) is 58.6 Å². The summed E-state index contributed by atoms with van der Waals surface area (Å²) in [5, 5.41) is 3.33. The van der Waals surface area contributed by atoms with Crippen LogP contribution in [-0.2, 0) is 16.6 Å². The van der Waals surface area contributed by atoms with Crippen LogP contribution in [0.15, 0.2) is 47.4 Å². The zero-order valence-corrected chi connectivity index (χ0v) is 18.5. The van der Waals surface area contributed by atoms with E-state index in [4.69, 9.17) is 16.3 Å². The van der Waals surface area contributed by atoms with Crippen molar-refractivity contribution in [3.8, 4) is 5.75 Å². The Balaban J connectivity index is 2.27. The average molecular weight is 439 g/mol. The number of carbonyl (C=O) groups excluding carboxylic acids is 1. The molecule has 0 saturated carbocycles. The van der Waals surface area contributed by atoms with Gasteiger partial charge in [0.2, 0.25) is 10.0 Å².